The Balaban J connectivity index is 2.81. The van der Waals surface area contributed by atoms with Crippen LogP contribution in [-0.2, 0) is 9.09 Å². The van der Waals surface area contributed by atoms with Crippen molar-refractivity contribution in [3.63, 3.8) is 0 Å². The van der Waals surface area contributed by atoms with Crippen LogP contribution < -0.4 is 4.52 Å². The Morgan fingerprint density at radius 3 is 2.69 bits per heavy atom. The molecule has 0 bridgehead atoms. The first-order valence-corrected chi connectivity index (χ1v) is 5.99. The van der Waals surface area contributed by atoms with Crippen LogP contribution in [0.5, 0.6) is 5.75 Å². The molecule has 0 saturated heterocycles. The van der Waals surface area contributed by atoms with E-state index >= 15 is 0 Å². The molecular weight excluding hydrogens is 211 g/mol. The Morgan fingerprint density at radius 2 is 2.15 bits per heavy atom. The fourth-order valence-corrected chi connectivity index (χ4v) is 1.50. The second-order valence-electron chi connectivity index (χ2n) is 2.50. The van der Waals surface area contributed by atoms with E-state index in [1.54, 1.807) is 24.3 Å². The largest absolute Gasteiger partial charge is 0.424 e. The molecule has 1 aromatic carbocycles. The maximum atomic E-state index is 11.4. The summed E-state index contributed by atoms with van der Waals surface area (Å²) < 4.78 is 21.1. The number of rotatable bonds is 3. The molecule has 0 spiro atoms. The van der Waals surface area contributed by atoms with Gasteiger partial charge in [-0.1, -0.05) is 17.7 Å². The van der Waals surface area contributed by atoms with Crippen LogP contribution in [0.2, 0.25) is 5.02 Å². The maximum absolute atomic E-state index is 11.4. The van der Waals surface area contributed by atoms with Crippen molar-refractivity contribution in [1.29, 1.82) is 0 Å². The van der Waals surface area contributed by atoms with Crippen LogP contribution in [0.15, 0.2) is 24.3 Å². The van der Waals surface area contributed by atoms with Crippen LogP contribution in [0.4, 0.5) is 0 Å². The SMILES string of the molecule is COP(C)(=O)Oc1cccc(Cl)c1. The lowest BCUT2D eigenvalue weighted by Crippen LogP contribution is -1.92. The molecule has 0 aliphatic heterocycles. The third-order valence-corrected chi connectivity index (χ3v) is 2.84. The van der Waals surface area contributed by atoms with Crippen LogP contribution in [-0.4, -0.2) is 13.8 Å². The molecule has 3 nitrogen and oxygen atoms in total. The van der Waals surface area contributed by atoms with Gasteiger partial charge in [0, 0.05) is 18.8 Å². The molecule has 0 amide bonds. The molecule has 0 radical (unpaired) electrons. The maximum Gasteiger partial charge on any atom is 0.375 e. The first-order valence-electron chi connectivity index (χ1n) is 3.62. The van der Waals surface area contributed by atoms with Gasteiger partial charge in [-0.05, 0) is 18.2 Å². The fraction of sp³-hybridized carbons (Fsp3) is 0.250. The number of hydrogen-bond acceptors (Lipinski definition) is 3. The molecule has 1 unspecified atom stereocenters. The lowest BCUT2D eigenvalue weighted by atomic mass is 10.3. The molecule has 0 aliphatic rings. The van der Waals surface area contributed by atoms with Gasteiger partial charge < -0.3 is 9.05 Å². The number of benzene rings is 1. The lowest BCUT2D eigenvalue weighted by molar-refractivity contribution is 0.328. The topological polar surface area (TPSA) is 35.5 Å². The molecule has 0 heterocycles. The minimum absolute atomic E-state index is 0.445. The van der Waals surface area contributed by atoms with E-state index in [-0.39, 0.29) is 0 Å². The van der Waals surface area contributed by atoms with Gasteiger partial charge in [0.15, 0.2) is 0 Å². The van der Waals surface area contributed by atoms with Crippen LogP contribution in [0.25, 0.3) is 0 Å². The van der Waals surface area contributed by atoms with E-state index in [9.17, 15) is 4.57 Å². The molecule has 1 aromatic rings. The van der Waals surface area contributed by atoms with Crippen molar-refractivity contribution in [2.75, 3.05) is 13.8 Å². The van der Waals surface area contributed by atoms with Crippen LogP contribution in [0.3, 0.4) is 0 Å². The Kier molecular flexibility index (Phi) is 3.37. The molecular formula is C8H10ClO3P. The van der Waals surface area contributed by atoms with Crippen LogP contribution >= 0.6 is 19.2 Å². The van der Waals surface area contributed by atoms with Crippen molar-refractivity contribution in [3.8, 4) is 5.75 Å². The Hall–Kier alpha value is -0.500. The summed E-state index contributed by atoms with van der Waals surface area (Å²) in [6.45, 7) is 1.40. The highest BCUT2D eigenvalue weighted by atomic mass is 35.5. The fourth-order valence-electron chi connectivity index (χ4n) is 0.753. The standard InChI is InChI=1S/C8H10ClO3P/c1-11-13(2,10)12-8-5-3-4-7(9)6-8/h3-6H,1-2H3. The molecule has 0 saturated carbocycles. The molecule has 0 aliphatic carbocycles. The van der Waals surface area contributed by atoms with E-state index in [1.807, 2.05) is 0 Å². The van der Waals surface area contributed by atoms with E-state index in [1.165, 1.54) is 13.8 Å². The molecule has 72 valence electrons. The van der Waals surface area contributed by atoms with Crippen molar-refractivity contribution in [1.82, 2.24) is 0 Å². The molecule has 1 atom stereocenters. The number of halogens is 1. The highest BCUT2D eigenvalue weighted by Gasteiger charge is 2.15. The van der Waals surface area contributed by atoms with Gasteiger partial charge in [0.25, 0.3) is 0 Å². The van der Waals surface area contributed by atoms with Gasteiger partial charge in [0.05, 0.1) is 0 Å². The predicted octanol–water partition coefficient (Wildman–Crippen LogP) is 3.19. The summed E-state index contributed by atoms with van der Waals surface area (Å²) in [6.07, 6.45) is 0. The summed E-state index contributed by atoms with van der Waals surface area (Å²) in [5.41, 5.74) is 0. The smallest absolute Gasteiger partial charge is 0.375 e. The van der Waals surface area contributed by atoms with Crippen molar-refractivity contribution in [3.05, 3.63) is 29.3 Å². The van der Waals surface area contributed by atoms with Crippen molar-refractivity contribution in [2.45, 2.75) is 0 Å². The van der Waals surface area contributed by atoms with E-state index in [0.29, 0.717) is 10.8 Å². The monoisotopic (exact) mass is 220 g/mol. The van der Waals surface area contributed by atoms with Gasteiger partial charge in [-0.25, -0.2) is 4.57 Å². The predicted molar refractivity (Wildman–Crippen MR) is 52.6 cm³/mol. The Labute approximate surface area is 82.2 Å². The average Bonchev–Trinajstić information content (AvgIpc) is 2.03. The summed E-state index contributed by atoms with van der Waals surface area (Å²) in [5, 5.41) is 0.536. The molecule has 0 aromatic heterocycles. The first-order chi connectivity index (χ1) is 6.03. The zero-order valence-electron chi connectivity index (χ0n) is 7.36. The van der Waals surface area contributed by atoms with E-state index in [0.717, 1.165) is 0 Å². The summed E-state index contributed by atoms with van der Waals surface area (Å²) in [7, 11) is -1.64. The van der Waals surface area contributed by atoms with E-state index in [2.05, 4.69) is 4.52 Å². The van der Waals surface area contributed by atoms with Gasteiger partial charge in [0.2, 0.25) is 0 Å². The Bertz CT molecular complexity index is 340. The van der Waals surface area contributed by atoms with E-state index < -0.39 is 7.60 Å². The van der Waals surface area contributed by atoms with Crippen LogP contribution in [0, 0.1) is 0 Å². The minimum Gasteiger partial charge on any atom is -0.424 e. The van der Waals surface area contributed by atoms with Gasteiger partial charge in [-0.2, -0.15) is 0 Å². The van der Waals surface area contributed by atoms with E-state index in [4.69, 9.17) is 16.1 Å². The quantitative estimate of drug-likeness (QED) is 0.734. The molecule has 5 heteroatoms. The zero-order valence-corrected chi connectivity index (χ0v) is 9.01. The molecule has 1 rings (SSSR count). The molecule has 0 N–H and O–H groups in total. The normalized spacial score (nSPS) is 15.0. The third-order valence-electron chi connectivity index (χ3n) is 1.40. The van der Waals surface area contributed by atoms with Gasteiger partial charge in [-0.3, -0.25) is 0 Å². The first kappa shape index (κ1) is 10.6. The second-order valence-corrected chi connectivity index (χ2v) is 5.03. The van der Waals surface area contributed by atoms with Crippen molar-refractivity contribution in [2.24, 2.45) is 0 Å². The molecule has 13 heavy (non-hydrogen) atoms. The summed E-state index contributed by atoms with van der Waals surface area (Å²) >= 11 is 5.71. The second kappa shape index (κ2) is 4.14. The molecule has 0 fully saturated rings. The van der Waals surface area contributed by atoms with Gasteiger partial charge in [-0.15, -0.1) is 0 Å². The number of hydrogen-bond donors (Lipinski definition) is 0. The lowest BCUT2D eigenvalue weighted by Gasteiger charge is -2.12. The third kappa shape index (κ3) is 3.39. The highest BCUT2D eigenvalue weighted by Crippen LogP contribution is 2.43. The average molecular weight is 221 g/mol. The summed E-state index contributed by atoms with van der Waals surface area (Å²) in [5.74, 6) is 0.445. The summed E-state index contributed by atoms with van der Waals surface area (Å²) in [4.78, 5) is 0. The summed E-state index contributed by atoms with van der Waals surface area (Å²) in [6, 6.07) is 6.67. The zero-order chi connectivity index (χ0) is 9.90. The van der Waals surface area contributed by atoms with Gasteiger partial charge >= 0.3 is 7.60 Å². The van der Waals surface area contributed by atoms with Gasteiger partial charge in [0.1, 0.15) is 5.75 Å². The highest BCUT2D eigenvalue weighted by molar-refractivity contribution is 7.53. The van der Waals surface area contributed by atoms with Crippen molar-refractivity contribution < 1.29 is 13.6 Å². The van der Waals surface area contributed by atoms with Crippen LogP contribution in [0.1, 0.15) is 0 Å². The minimum atomic E-state index is -2.97. The Morgan fingerprint density at radius 1 is 1.46 bits per heavy atom. The van der Waals surface area contributed by atoms with Crippen molar-refractivity contribution >= 4 is 19.2 Å².